The molecule has 0 radical (unpaired) electrons. The van der Waals surface area contributed by atoms with E-state index in [4.69, 9.17) is 4.74 Å². The average molecular weight is 336 g/mol. The van der Waals surface area contributed by atoms with Crippen molar-refractivity contribution < 1.29 is 9.53 Å². The van der Waals surface area contributed by atoms with Gasteiger partial charge in [0.1, 0.15) is 5.75 Å². The van der Waals surface area contributed by atoms with Crippen molar-refractivity contribution in [3.8, 4) is 11.4 Å². The summed E-state index contributed by atoms with van der Waals surface area (Å²) in [4.78, 5) is 12.4. The van der Waals surface area contributed by atoms with Gasteiger partial charge in [0.2, 0.25) is 0 Å². The topological polar surface area (TPSA) is 69.0 Å². The molecule has 0 fully saturated rings. The summed E-state index contributed by atoms with van der Waals surface area (Å²) in [7, 11) is 1.59. The van der Waals surface area contributed by atoms with E-state index in [2.05, 4.69) is 29.5 Å². The van der Waals surface area contributed by atoms with E-state index < -0.39 is 0 Å². The lowest BCUT2D eigenvalue weighted by molar-refractivity contribution is 0.102. The van der Waals surface area contributed by atoms with Gasteiger partial charge in [0.05, 0.1) is 24.7 Å². The smallest absolute Gasteiger partial charge is 0.255 e. The number of ether oxygens (including phenoxy) is 1. The van der Waals surface area contributed by atoms with Gasteiger partial charge >= 0.3 is 0 Å². The molecule has 2 aromatic carbocycles. The van der Waals surface area contributed by atoms with Crippen LogP contribution in [0.4, 0.5) is 5.69 Å². The Labute approximate surface area is 146 Å². The van der Waals surface area contributed by atoms with Gasteiger partial charge in [-0.25, -0.2) is 4.68 Å². The monoisotopic (exact) mass is 336 g/mol. The molecule has 25 heavy (non-hydrogen) atoms. The third kappa shape index (κ3) is 3.68. The van der Waals surface area contributed by atoms with Crippen LogP contribution in [0.15, 0.2) is 54.7 Å². The Hall–Kier alpha value is -3.15. The van der Waals surface area contributed by atoms with Crippen molar-refractivity contribution >= 4 is 11.6 Å². The molecule has 3 rings (SSSR count). The van der Waals surface area contributed by atoms with Gasteiger partial charge in [-0.3, -0.25) is 4.79 Å². The number of hydrogen-bond donors (Lipinski definition) is 1. The maximum atomic E-state index is 12.4. The Morgan fingerprint density at radius 1 is 1.16 bits per heavy atom. The number of benzene rings is 2. The van der Waals surface area contributed by atoms with E-state index in [0.717, 1.165) is 11.4 Å². The predicted molar refractivity (Wildman–Crippen MR) is 96.4 cm³/mol. The Morgan fingerprint density at radius 2 is 1.92 bits per heavy atom. The van der Waals surface area contributed by atoms with Crippen molar-refractivity contribution in [2.24, 2.45) is 0 Å². The number of methoxy groups -OCH3 is 1. The summed E-state index contributed by atoms with van der Waals surface area (Å²) in [5.41, 5.74) is 3.13. The summed E-state index contributed by atoms with van der Waals surface area (Å²) in [5.74, 6) is 0.834. The van der Waals surface area contributed by atoms with Crippen molar-refractivity contribution in [2.45, 2.75) is 19.8 Å². The number of nitrogens with one attached hydrogen (secondary N) is 1. The number of aromatic nitrogens is 3. The maximum absolute atomic E-state index is 12.4. The zero-order valence-electron chi connectivity index (χ0n) is 14.4. The highest BCUT2D eigenvalue weighted by molar-refractivity contribution is 6.04. The molecule has 0 atom stereocenters. The first-order valence-corrected chi connectivity index (χ1v) is 8.05. The molecule has 0 saturated heterocycles. The normalized spacial score (nSPS) is 10.7. The van der Waals surface area contributed by atoms with Gasteiger partial charge in [0, 0.05) is 11.3 Å². The summed E-state index contributed by atoms with van der Waals surface area (Å²) in [6.07, 6.45) is 1.76. The highest BCUT2D eigenvalue weighted by atomic mass is 16.5. The molecule has 0 aliphatic heterocycles. The number of carbonyl (C=O) groups is 1. The first-order chi connectivity index (χ1) is 12.1. The van der Waals surface area contributed by atoms with E-state index in [0.29, 0.717) is 22.9 Å². The summed E-state index contributed by atoms with van der Waals surface area (Å²) < 4.78 is 6.89. The highest BCUT2D eigenvalue weighted by Crippen LogP contribution is 2.20. The van der Waals surface area contributed by atoms with Gasteiger partial charge in [0.15, 0.2) is 0 Å². The Kier molecular flexibility index (Phi) is 4.79. The molecule has 0 unspecified atom stereocenters. The molecule has 0 aliphatic carbocycles. The molecule has 6 heteroatoms. The van der Waals surface area contributed by atoms with Gasteiger partial charge < -0.3 is 10.1 Å². The van der Waals surface area contributed by atoms with Crippen molar-refractivity contribution in [3.05, 3.63) is 66.0 Å². The van der Waals surface area contributed by atoms with E-state index >= 15 is 0 Å². The molecule has 1 N–H and O–H groups in total. The zero-order chi connectivity index (χ0) is 17.8. The molecule has 0 saturated carbocycles. The molecule has 128 valence electrons. The van der Waals surface area contributed by atoms with Crippen LogP contribution >= 0.6 is 0 Å². The standard InChI is InChI=1S/C19H20N4O2/c1-13(2)18-12-20-22-23(18)16-6-4-5-15(11-16)21-19(24)14-7-9-17(25-3)10-8-14/h4-13H,1-3H3,(H,21,24). The number of hydrogen-bond acceptors (Lipinski definition) is 4. The van der Waals surface area contributed by atoms with Crippen LogP contribution in [-0.2, 0) is 0 Å². The van der Waals surface area contributed by atoms with Gasteiger partial charge in [0.25, 0.3) is 5.91 Å². The minimum Gasteiger partial charge on any atom is -0.497 e. The number of carbonyl (C=O) groups excluding carboxylic acids is 1. The fraction of sp³-hybridized carbons (Fsp3) is 0.211. The van der Waals surface area contributed by atoms with Crippen LogP contribution in [0.2, 0.25) is 0 Å². The molecular formula is C19H20N4O2. The lowest BCUT2D eigenvalue weighted by Gasteiger charge is -2.11. The highest BCUT2D eigenvalue weighted by Gasteiger charge is 2.11. The van der Waals surface area contributed by atoms with Gasteiger partial charge in [-0.1, -0.05) is 25.1 Å². The second-order valence-corrected chi connectivity index (χ2v) is 5.96. The number of anilines is 1. The molecular weight excluding hydrogens is 316 g/mol. The van der Waals surface area contributed by atoms with Crippen molar-refractivity contribution in [3.63, 3.8) is 0 Å². The predicted octanol–water partition coefficient (Wildman–Crippen LogP) is 3.65. The third-order valence-electron chi connectivity index (χ3n) is 3.87. The average Bonchev–Trinajstić information content (AvgIpc) is 3.12. The molecule has 0 bridgehead atoms. The van der Waals surface area contributed by atoms with Crippen LogP contribution in [0.1, 0.15) is 35.8 Å². The van der Waals surface area contributed by atoms with Gasteiger partial charge in [-0.05, 0) is 48.4 Å². The van der Waals surface area contributed by atoms with E-state index in [1.165, 1.54) is 0 Å². The summed E-state index contributed by atoms with van der Waals surface area (Å²) in [6, 6.07) is 14.5. The lowest BCUT2D eigenvalue weighted by atomic mass is 10.1. The van der Waals surface area contributed by atoms with Gasteiger partial charge in [-0.15, -0.1) is 5.10 Å². The quantitative estimate of drug-likeness (QED) is 0.772. The van der Waals surface area contributed by atoms with E-state index in [9.17, 15) is 4.79 Å². The molecule has 0 spiro atoms. The van der Waals surface area contributed by atoms with Crippen molar-refractivity contribution in [2.75, 3.05) is 12.4 Å². The third-order valence-corrected chi connectivity index (χ3v) is 3.87. The SMILES string of the molecule is COc1ccc(C(=O)Nc2cccc(-n3nncc3C(C)C)c2)cc1. The Morgan fingerprint density at radius 3 is 2.60 bits per heavy atom. The van der Waals surface area contributed by atoms with E-state index in [-0.39, 0.29) is 5.91 Å². The molecule has 3 aromatic rings. The number of amides is 1. The van der Waals surface area contributed by atoms with Crippen molar-refractivity contribution in [1.82, 2.24) is 15.0 Å². The van der Waals surface area contributed by atoms with Crippen LogP contribution in [0.5, 0.6) is 5.75 Å². The molecule has 0 aliphatic rings. The second-order valence-electron chi connectivity index (χ2n) is 5.96. The Bertz CT molecular complexity index is 869. The van der Waals surface area contributed by atoms with Crippen LogP contribution < -0.4 is 10.1 Å². The number of rotatable bonds is 5. The fourth-order valence-corrected chi connectivity index (χ4v) is 2.50. The second kappa shape index (κ2) is 7.17. The molecule has 1 aromatic heterocycles. The maximum Gasteiger partial charge on any atom is 0.255 e. The molecule has 1 amide bonds. The summed E-state index contributed by atoms with van der Waals surface area (Å²) in [6.45, 7) is 4.18. The molecule has 1 heterocycles. The van der Waals surface area contributed by atoms with Crippen LogP contribution in [0.3, 0.4) is 0 Å². The summed E-state index contributed by atoms with van der Waals surface area (Å²) in [5, 5.41) is 11.0. The minimum absolute atomic E-state index is 0.178. The van der Waals surface area contributed by atoms with Crippen LogP contribution in [0, 0.1) is 0 Å². The fourth-order valence-electron chi connectivity index (χ4n) is 2.50. The first kappa shape index (κ1) is 16.7. The lowest BCUT2D eigenvalue weighted by Crippen LogP contribution is -2.12. The van der Waals surface area contributed by atoms with Crippen LogP contribution in [-0.4, -0.2) is 28.0 Å². The van der Waals surface area contributed by atoms with E-state index in [1.807, 2.05) is 24.3 Å². The van der Waals surface area contributed by atoms with Gasteiger partial charge in [-0.2, -0.15) is 0 Å². The Balaban J connectivity index is 1.81. The first-order valence-electron chi connectivity index (χ1n) is 8.05. The zero-order valence-corrected chi connectivity index (χ0v) is 14.4. The van der Waals surface area contributed by atoms with Crippen LogP contribution in [0.25, 0.3) is 5.69 Å². The molecule has 6 nitrogen and oxygen atoms in total. The largest absolute Gasteiger partial charge is 0.497 e. The number of nitrogens with zero attached hydrogens (tertiary/aromatic N) is 3. The summed E-state index contributed by atoms with van der Waals surface area (Å²) >= 11 is 0. The van der Waals surface area contributed by atoms with E-state index in [1.54, 1.807) is 42.3 Å². The minimum atomic E-state index is -0.178. The van der Waals surface area contributed by atoms with Crippen molar-refractivity contribution in [1.29, 1.82) is 0 Å².